The Hall–Kier alpha value is -0.0800. The summed E-state index contributed by atoms with van der Waals surface area (Å²) >= 11 is 0. The Morgan fingerprint density at radius 2 is 1.82 bits per heavy atom. The monoisotopic (exact) mass is 241 g/mol. The maximum atomic E-state index is 10.5. The first-order valence-electron chi connectivity index (χ1n) is 7.41. The summed E-state index contributed by atoms with van der Waals surface area (Å²) in [7, 11) is 0. The molecule has 2 N–H and O–H groups in total. The predicted octanol–water partition coefficient (Wildman–Crippen LogP) is 3.34. The molecule has 0 bridgehead atoms. The van der Waals surface area contributed by atoms with Gasteiger partial charge in [-0.1, -0.05) is 27.2 Å². The van der Waals surface area contributed by atoms with Crippen molar-refractivity contribution in [2.75, 3.05) is 6.54 Å². The molecule has 1 rings (SSSR count). The van der Waals surface area contributed by atoms with Crippen LogP contribution in [0.25, 0.3) is 0 Å². The summed E-state index contributed by atoms with van der Waals surface area (Å²) in [5, 5.41) is 14.0. The molecule has 0 aromatic heterocycles. The van der Waals surface area contributed by atoms with Gasteiger partial charge in [-0.3, -0.25) is 0 Å². The molecule has 1 atom stereocenters. The van der Waals surface area contributed by atoms with Crippen LogP contribution in [-0.2, 0) is 0 Å². The Bertz CT molecular complexity index is 207. The van der Waals surface area contributed by atoms with Gasteiger partial charge >= 0.3 is 0 Å². The lowest BCUT2D eigenvalue weighted by Crippen LogP contribution is -2.46. The molecule has 2 nitrogen and oxygen atoms in total. The molecule has 0 amide bonds. The fraction of sp³-hybridized carbons (Fsp3) is 1.00. The van der Waals surface area contributed by atoms with Crippen LogP contribution in [0.1, 0.15) is 66.2 Å². The second-order valence-electron chi connectivity index (χ2n) is 6.49. The van der Waals surface area contributed by atoms with Crippen molar-refractivity contribution >= 4 is 0 Å². The van der Waals surface area contributed by atoms with Crippen molar-refractivity contribution in [3.05, 3.63) is 0 Å². The maximum absolute atomic E-state index is 10.5. The second kappa shape index (κ2) is 6.75. The van der Waals surface area contributed by atoms with Gasteiger partial charge < -0.3 is 10.4 Å². The van der Waals surface area contributed by atoms with Gasteiger partial charge in [0, 0.05) is 12.6 Å². The molecule has 0 aromatic rings. The van der Waals surface area contributed by atoms with Crippen molar-refractivity contribution < 1.29 is 5.11 Å². The van der Waals surface area contributed by atoms with Crippen molar-refractivity contribution in [3.8, 4) is 0 Å². The van der Waals surface area contributed by atoms with E-state index in [-0.39, 0.29) is 0 Å². The molecule has 0 aliphatic heterocycles. The zero-order chi connectivity index (χ0) is 12.9. The van der Waals surface area contributed by atoms with Crippen LogP contribution >= 0.6 is 0 Å². The van der Waals surface area contributed by atoms with Crippen molar-refractivity contribution in [2.45, 2.75) is 77.9 Å². The smallest absolute Gasteiger partial charge is 0.0771 e. The van der Waals surface area contributed by atoms with Crippen molar-refractivity contribution in [2.24, 2.45) is 11.8 Å². The Morgan fingerprint density at radius 1 is 1.24 bits per heavy atom. The Morgan fingerprint density at radius 3 is 2.29 bits per heavy atom. The van der Waals surface area contributed by atoms with Gasteiger partial charge in [0.05, 0.1) is 5.60 Å². The Kier molecular flexibility index (Phi) is 5.94. The van der Waals surface area contributed by atoms with Crippen molar-refractivity contribution in [1.29, 1.82) is 0 Å². The lowest BCUT2D eigenvalue weighted by Gasteiger charge is -2.37. The molecule has 0 spiro atoms. The molecule has 1 saturated carbocycles. The van der Waals surface area contributed by atoms with E-state index in [1.165, 1.54) is 25.7 Å². The molecule has 1 aliphatic rings. The average Bonchev–Trinajstić information content (AvgIpc) is 2.27. The number of rotatable bonds is 6. The van der Waals surface area contributed by atoms with Crippen molar-refractivity contribution in [1.82, 2.24) is 5.32 Å². The first-order chi connectivity index (χ1) is 7.95. The highest BCUT2D eigenvalue weighted by Gasteiger charge is 2.32. The van der Waals surface area contributed by atoms with Gasteiger partial charge in [0.1, 0.15) is 0 Å². The van der Waals surface area contributed by atoms with E-state index >= 15 is 0 Å². The van der Waals surface area contributed by atoms with Crippen LogP contribution in [0.3, 0.4) is 0 Å². The van der Waals surface area contributed by atoms with E-state index in [0.717, 1.165) is 31.2 Å². The van der Waals surface area contributed by atoms with Crippen LogP contribution in [0, 0.1) is 11.8 Å². The van der Waals surface area contributed by atoms with E-state index in [4.69, 9.17) is 0 Å². The van der Waals surface area contributed by atoms with E-state index < -0.39 is 5.60 Å². The van der Waals surface area contributed by atoms with Crippen LogP contribution in [0.15, 0.2) is 0 Å². The van der Waals surface area contributed by atoms with Gasteiger partial charge in [0.15, 0.2) is 0 Å². The number of hydrogen-bond donors (Lipinski definition) is 2. The highest BCUT2D eigenvalue weighted by atomic mass is 16.3. The third-order valence-corrected chi connectivity index (χ3v) is 4.22. The topological polar surface area (TPSA) is 32.3 Å². The van der Waals surface area contributed by atoms with Gasteiger partial charge in [-0.15, -0.1) is 0 Å². The molecule has 102 valence electrons. The fourth-order valence-electron chi connectivity index (χ4n) is 2.95. The first-order valence-corrected chi connectivity index (χ1v) is 7.41. The summed E-state index contributed by atoms with van der Waals surface area (Å²) < 4.78 is 0. The molecule has 1 fully saturated rings. The quantitative estimate of drug-likeness (QED) is 0.747. The lowest BCUT2D eigenvalue weighted by molar-refractivity contribution is -0.0107. The van der Waals surface area contributed by atoms with E-state index in [0.29, 0.717) is 6.04 Å². The largest absolute Gasteiger partial charge is 0.389 e. The molecule has 0 heterocycles. The predicted molar refractivity (Wildman–Crippen MR) is 74.1 cm³/mol. The number of hydrogen-bond acceptors (Lipinski definition) is 2. The summed E-state index contributed by atoms with van der Waals surface area (Å²) in [5.74, 6) is 1.58. The van der Waals surface area contributed by atoms with Gasteiger partial charge in [-0.25, -0.2) is 0 Å². The summed E-state index contributed by atoms with van der Waals surface area (Å²) in [4.78, 5) is 0. The van der Waals surface area contributed by atoms with Gasteiger partial charge in [-0.2, -0.15) is 0 Å². The molecule has 0 aromatic carbocycles. The van der Waals surface area contributed by atoms with Gasteiger partial charge in [-0.05, 0) is 50.9 Å². The minimum Gasteiger partial charge on any atom is -0.389 e. The summed E-state index contributed by atoms with van der Waals surface area (Å²) in [6.45, 7) is 9.76. The summed E-state index contributed by atoms with van der Waals surface area (Å²) in [6, 6.07) is 0.517. The number of nitrogens with one attached hydrogen (secondary N) is 1. The normalized spacial score (nSPS) is 31.8. The molecule has 1 aliphatic carbocycles. The zero-order valence-corrected chi connectivity index (χ0v) is 12.1. The van der Waals surface area contributed by atoms with Crippen LogP contribution in [0.2, 0.25) is 0 Å². The third-order valence-electron chi connectivity index (χ3n) is 4.22. The molecular formula is C15H31NO. The van der Waals surface area contributed by atoms with E-state index in [2.05, 4.69) is 33.0 Å². The summed E-state index contributed by atoms with van der Waals surface area (Å²) in [5.41, 5.74) is -0.434. The third kappa shape index (κ3) is 5.39. The minimum atomic E-state index is -0.434. The minimum absolute atomic E-state index is 0.434. The lowest BCUT2D eigenvalue weighted by atomic mass is 9.77. The highest BCUT2D eigenvalue weighted by Crippen LogP contribution is 2.33. The zero-order valence-electron chi connectivity index (χ0n) is 12.1. The van der Waals surface area contributed by atoms with E-state index in [9.17, 15) is 5.11 Å². The first kappa shape index (κ1) is 15.0. The molecular weight excluding hydrogens is 210 g/mol. The average molecular weight is 241 g/mol. The molecule has 1 unspecified atom stereocenters. The summed E-state index contributed by atoms with van der Waals surface area (Å²) in [6.07, 6.45) is 6.82. The van der Waals surface area contributed by atoms with Crippen LogP contribution in [0.4, 0.5) is 0 Å². The Balaban J connectivity index is 2.26. The Labute approximate surface area is 107 Å². The highest BCUT2D eigenvalue weighted by molar-refractivity contribution is 4.87. The van der Waals surface area contributed by atoms with E-state index in [1.54, 1.807) is 0 Å². The fourth-order valence-corrected chi connectivity index (χ4v) is 2.95. The molecule has 17 heavy (non-hydrogen) atoms. The van der Waals surface area contributed by atoms with E-state index in [1.807, 2.05) is 0 Å². The van der Waals surface area contributed by atoms with Crippen LogP contribution < -0.4 is 5.32 Å². The SMILES string of the molecule is CCC1CCC(O)(CNC(C)CC(C)C)CC1. The van der Waals surface area contributed by atoms with Crippen molar-refractivity contribution in [3.63, 3.8) is 0 Å². The molecule has 0 radical (unpaired) electrons. The second-order valence-corrected chi connectivity index (χ2v) is 6.49. The molecule has 2 heteroatoms. The standard InChI is InChI=1S/C15H31NO/c1-5-14-6-8-15(17,9-7-14)11-16-13(4)10-12(2)3/h12-14,16-17H,5-11H2,1-4H3. The van der Waals surface area contributed by atoms with Crippen LogP contribution in [-0.4, -0.2) is 23.3 Å². The van der Waals surface area contributed by atoms with Gasteiger partial charge in [0.2, 0.25) is 0 Å². The van der Waals surface area contributed by atoms with Gasteiger partial charge in [0.25, 0.3) is 0 Å². The van der Waals surface area contributed by atoms with Crippen LogP contribution in [0.5, 0.6) is 0 Å². The molecule has 0 saturated heterocycles. The maximum Gasteiger partial charge on any atom is 0.0771 e. The number of aliphatic hydroxyl groups is 1.